The van der Waals surface area contributed by atoms with E-state index < -0.39 is 11.9 Å². The van der Waals surface area contributed by atoms with E-state index in [4.69, 9.17) is 4.74 Å². The molecule has 0 radical (unpaired) electrons. The molecule has 1 unspecified atom stereocenters. The largest absolute Gasteiger partial charge is 0.393 e. The Morgan fingerprint density at radius 3 is 2.37 bits per heavy atom. The van der Waals surface area contributed by atoms with E-state index in [2.05, 4.69) is 0 Å². The lowest BCUT2D eigenvalue weighted by molar-refractivity contribution is -0.160. The fourth-order valence-corrected chi connectivity index (χ4v) is 1.97. The molecule has 0 aliphatic heterocycles. The van der Waals surface area contributed by atoms with Crippen LogP contribution < -0.4 is 0 Å². The molecule has 0 aromatic heterocycles. The Kier molecular flexibility index (Phi) is 6.86. The normalized spacial score (nSPS) is 11.9. The summed E-state index contributed by atoms with van der Waals surface area (Å²) in [6.07, 6.45) is 3.12. The van der Waals surface area contributed by atoms with E-state index in [9.17, 15) is 9.59 Å². The molecule has 19 heavy (non-hydrogen) atoms. The van der Waals surface area contributed by atoms with Crippen molar-refractivity contribution in [2.24, 2.45) is 0 Å². The van der Waals surface area contributed by atoms with Crippen molar-refractivity contribution in [3.63, 3.8) is 0 Å². The summed E-state index contributed by atoms with van der Waals surface area (Å²) in [4.78, 5) is 23.1. The first-order valence-corrected chi connectivity index (χ1v) is 6.95. The van der Waals surface area contributed by atoms with Crippen molar-refractivity contribution >= 4 is 11.9 Å². The lowest BCUT2D eigenvalue weighted by Gasteiger charge is -2.13. The van der Waals surface area contributed by atoms with Crippen molar-refractivity contribution in [3.8, 4) is 0 Å². The zero-order valence-electron chi connectivity index (χ0n) is 11.7. The van der Waals surface area contributed by atoms with Crippen LogP contribution in [0.25, 0.3) is 0 Å². The molecule has 1 aromatic carbocycles. The van der Waals surface area contributed by atoms with Gasteiger partial charge >= 0.3 is 11.9 Å². The molecule has 0 fully saturated rings. The molecule has 3 heteroatoms. The number of hydrogen-bond acceptors (Lipinski definition) is 3. The standard InChI is InChI=1S/C16H22O3/c1-3-5-11-15(17)19-16(18)12-13(4-2)14-9-7-6-8-10-14/h6-10,13H,3-5,11-12H2,1-2H3. The second-order valence-corrected chi connectivity index (χ2v) is 4.67. The van der Waals surface area contributed by atoms with Crippen LogP contribution in [0, 0.1) is 0 Å². The Morgan fingerprint density at radius 1 is 1.11 bits per heavy atom. The lowest BCUT2D eigenvalue weighted by atomic mass is 9.93. The zero-order chi connectivity index (χ0) is 14.1. The van der Waals surface area contributed by atoms with Crippen LogP contribution in [0.2, 0.25) is 0 Å². The van der Waals surface area contributed by atoms with Gasteiger partial charge in [-0.15, -0.1) is 0 Å². The highest BCUT2D eigenvalue weighted by Gasteiger charge is 2.17. The summed E-state index contributed by atoms with van der Waals surface area (Å²) in [7, 11) is 0. The van der Waals surface area contributed by atoms with E-state index in [-0.39, 0.29) is 12.3 Å². The Hall–Kier alpha value is -1.64. The highest BCUT2D eigenvalue weighted by molar-refractivity contribution is 5.85. The molecule has 1 atom stereocenters. The Bertz CT molecular complexity index is 398. The number of carbonyl (C=O) groups is 2. The maximum atomic E-state index is 11.7. The second-order valence-electron chi connectivity index (χ2n) is 4.67. The van der Waals surface area contributed by atoms with Gasteiger partial charge in [0.2, 0.25) is 0 Å². The van der Waals surface area contributed by atoms with Crippen molar-refractivity contribution in [2.75, 3.05) is 0 Å². The maximum Gasteiger partial charge on any atom is 0.314 e. The topological polar surface area (TPSA) is 43.4 Å². The van der Waals surface area contributed by atoms with Gasteiger partial charge in [0.25, 0.3) is 0 Å². The summed E-state index contributed by atoms with van der Waals surface area (Å²) in [5.41, 5.74) is 1.11. The third-order valence-corrected chi connectivity index (χ3v) is 3.14. The number of esters is 2. The van der Waals surface area contributed by atoms with Crippen molar-refractivity contribution < 1.29 is 14.3 Å². The number of unbranched alkanes of at least 4 members (excludes halogenated alkanes) is 1. The number of rotatable bonds is 7. The molecule has 0 bridgehead atoms. The smallest absolute Gasteiger partial charge is 0.314 e. The second kappa shape index (κ2) is 8.46. The maximum absolute atomic E-state index is 11.7. The molecular formula is C16H22O3. The van der Waals surface area contributed by atoms with Crippen molar-refractivity contribution in [1.29, 1.82) is 0 Å². The van der Waals surface area contributed by atoms with E-state index in [1.54, 1.807) is 0 Å². The summed E-state index contributed by atoms with van der Waals surface area (Å²) in [6, 6.07) is 9.86. The van der Waals surface area contributed by atoms with Crippen LogP contribution in [-0.2, 0) is 14.3 Å². The van der Waals surface area contributed by atoms with Gasteiger partial charge < -0.3 is 4.74 Å². The highest BCUT2D eigenvalue weighted by Crippen LogP contribution is 2.23. The first-order chi connectivity index (χ1) is 9.17. The minimum Gasteiger partial charge on any atom is -0.393 e. The Morgan fingerprint density at radius 2 is 1.79 bits per heavy atom. The van der Waals surface area contributed by atoms with Gasteiger partial charge in [-0.3, -0.25) is 9.59 Å². The summed E-state index contributed by atoms with van der Waals surface area (Å²) >= 11 is 0. The van der Waals surface area contributed by atoms with Gasteiger partial charge in [0.15, 0.2) is 0 Å². The molecular weight excluding hydrogens is 240 g/mol. The molecule has 0 aliphatic rings. The predicted octanol–water partition coefficient (Wildman–Crippen LogP) is 3.83. The van der Waals surface area contributed by atoms with Gasteiger partial charge in [-0.1, -0.05) is 50.6 Å². The van der Waals surface area contributed by atoms with Crippen LogP contribution in [0.1, 0.15) is 57.4 Å². The van der Waals surface area contributed by atoms with Crippen LogP contribution in [-0.4, -0.2) is 11.9 Å². The average Bonchev–Trinajstić information content (AvgIpc) is 2.43. The number of ether oxygens (including phenoxy) is 1. The summed E-state index contributed by atoms with van der Waals surface area (Å²) in [5.74, 6) is -0.709. The third kappa shape index (κ3) is 5.69. The molecule has 0 heterocycles. The molecule has 0 saturated carbocycles. The zero-order valence-corrected chi connectivity index (χ0v) is 11.7. The molecule has 0 aliphatic carbocycles. The van der Waals surface area contributed by atoms with Gasteiger partial charge in [0.1, 0.15) is 0 Å². The summed E-state index contributed by atoms with van der Waals surface area (Å²) in [6.45, 7) is 4.03. The van der Waals surface area contributed by atoms with Crippen LogP contribution >= 0.6 is 0 Å². The quantitative estimate of drug-likeness (QED) is 0.554. The van der Waals surface area contributed by atoms with Crippen molar-refractivity contribution in [3.05, 3.63) is 35.9 Å². The van der Waals surface area contributed by atoms with Gasteiger partial charge in [-0.05, 0) is 24.3 Å². The van der Waals surface area contributed by atoms with Gasteiger partial charge in [-0.25, -0.2) is 0 Å². The minimum atomic E-state index is -0.420. The van der Waals surface area contributed by atoms with Crippen LogP contribution in [0.3, 0.4) is 0 Å². The van der Waals surface area contributed by atoms with E-state index in [1.165, 1.54) is 0 Å². The van der Waals surface area contributed by atoms with Crippen molar-refractivity contribution in [1.82, 2.24) is 0 Å². The van der Waals surface area contributed by atoms with Gasteiger partial charge in [0.05, 0.1) is 6.42 Å². The Balaban J connectivity index is 2.48. The number of hydrogen-bond donors (Lipinski definition) is 0. The molecule has 0 spiro atoms. The summed E-state index contributed by atoms with van der Waals surface area (Å²) in [5, 5.41) is 0. The lowest BCUT2D eigenvalue weighted by Crippen LogP contribution is -2.15. The van der Waals surface area contributed by atoms with E-state index in [1.807, 2.05) is 44.2 Å². The predicted molar refractivity (Wildman–Crippen MR) is 74.7 cm³/mol. The molecule has 3 nitrogen and oxygen atoms in total. The first-order valence-electron chi connectivity index (χ1n) is 6.95. The molecule has 1 aromatic rings. The molecule has 0 amide bonds. The number of benzene rings is 1. The van der Waals surface area contributed by atoms with E-state index in [0.717, 1.165) is 24.8 Å². The SMILES string of the molecule is CCCCC(=O)OC(=O)CC(CC)c1ccccc1. The van der Waals surface area contributed by atoms with Crippen LogP contribution in [0.5, 0.6) is 0 Å². The summed E-state index contributed by atoms with van der Waals surface area (Å²) < 4.78 is 4.83. The molecule has 104 valence electrons. The van der Waals surface area contributed by atoms with Crippen molar-refractivity contribution in [2.45, 2.75) is 51.9 Å². The highest BCUT2D eigenvalue weighted by atomic mass is 16.6. The number of carbonyl (C=O) groups excluding carboxylic acids is 2. The third-order valence-electron chi connectivity index (χ3n) is 3.14. The van der Waals surface area contributed by atoms with Crippen LogP contribution in [0.15, 0.2) is 30.3 Å². The van der Waals surface area contributed by atoms with Crippen LogP contribution in [0.4, 0.5) is 0 Å². The average molecular weight is 262 g/mol. The van der Waals surface area contributed by atoms with Gasteiger partial charge in [0, 0.05) is 6.42 Å². The minimum absolute atomic E-state index is 0.118. The van der Waals surface area contributed by atoms with E-state index >= 15 is 0 Å². The first kappa shape index (κ1) is 15.4. The monoisotopic (exact) mass is 262 g/mol. The molecule has 0 N–H and O–H groups in total. The van der Waals surface area contributed by atoms with Gasteiger partial charge in [-0.2, -0.15) is 0 Å². The van der Waals surface area contributed by atoms with E-state index in [0.29, 0.717) is 6.42 Å². The fourth-order valence-electron chi connectivity index (χ4n) is 1.97. The fraction of sp³-hybridized carbons (Fsp3) is 0.500. The molecule has 0 saturated heterocycles. The Labute approximate surface area is 115 Å². The molecule has 1 rings (SSSR count).